The Morgan fingerprint density at radius 1 is 1.00 bits per heavy atom. The van der Waals surface area contributed by atoms with Gasteiger partial charge in [0.15, 0.2) is 0 Å². The number of carbonyl (C=O) groups is 2. The average molecular weight is 516 g/mol. The van der Waals surface area contributed by atoms with Crippen molar-refractivity contribution in [2.24, 2.45) is 0 Å². The number of carbonyl (C=O) groups excluding carboxylic acids is 2. The zero-order chi connectivity index (χ0) is 27.4. The van der Waals surface area contributed by atoms with E-state index in [1.54, 1.807) is 54.6 Å². The summed E-state index contributed by atoms with van der Waals surface area (Å²) < 4.78 is 17.1. The summed E-state index contributed by atoms with van der Waals surface area (Å²) in [6, 6.07) is 18.5. The zero-order valence-corrected chi connectivity index (χ0v) is 22.4. The first-order valence-corrected chi connectivity index (χ1v) is 12.7. The number of methoxy groups -OCH3 is 1. The predicted molar refractivity (Wildman–Crippen MR) is 147 cm³/mol. The van der Waals surface area contributed by atoms with Crippen molar-refractivity contribution < 1.29 is 28.9 Å². The van der Waals surface area contributed by atoms with Gasteiger partial charge in [0.25, 0.3) is 11.7 Å². The second-order valence-corrected chi connectivity index (χ2v) is 9.40. The topological polar surface area (TPSA) is 85.3 Å². The molecular weight excluding hydrogens is 482 g/mol. The normalized spacial score (nSPS) is 16.7. The summed E-state index contributed by atoms with van der Waals surface area (Å²) in [6.45, 7) is 8.33. The lowest BCUT2D eigenvalue weighted by atomic mass is 9.94. The van der Waals surface area contributed by atoms with Crippen LogP contribution < -0.4 is 19.1 Å². The maximum absolute atomic E-state index is 13.5. The van der Waals surface area contributed by atoms with Gasteiger partial charge in [0.2, 0.25) is 0 Å². The molecule has 0 spiro atoms. The molecule has 1 atom stereocenters. The Kier molecular flexibility index (Phi) is 8.05. The lowest BCUT2D eigenvalue weighted by Crippen LogP contribution is -2.29. The van der Waals surface area contributed by atoms with Gasteiger partial charge in [0.05, 0.1) is 31.4 Å². The van der Waals surface area contributed by atoms with Crippen molar-refractivity contribution in [2.75, 3.05) is 18.6 Å². The Hall–Kier alpha value is -4.26. The molecular formula is C31H33NO6. The number of ether oxygens (including phenoxy) is 3. The maximum Gasteiger partial charge on any atom is 0.300 e. The van der Waals surface area contributed by atoms with Crippen molar-refractivity contribution in [3.63, 3.8) is 0 Å². The molecule has 0 aromatic heterocycles. The number of amides is 1. The molecule has 7 nitrogen and oxygen atoms in total. The lowest BCUT2D eigenvalue weighted by Gasteiger charge is -2.27. The van der Waals surface area contributed by atoms with E-state index in [4.69, 9.17) is 14.2 Å². The number of hydrogen-bond donors (Lipinski definition) is 1. The Labute approximate surface area is 223 Å². The van der Waals surface area contributed by atoms with Crippen LogP contribution in [0, 0.1) is 6.92 Å². The van der Waals surface area contributed by atoms with Gasteiger partial charge in [0.1, 0.15) is 23.0 Å². The van der Waals surface area contributed by atoms with Crippen molar-refractivity contribution in [1.82, 2.24) is 0 Å². The number of aliphatic hydroxyl groups excluding tert-OH is 1. The van der Waals surface area contributed by atoms with Crippen molar-refractivity contribution >= 4 is 23.1 Å². The van der Waals surface area contributed by atoms with E-state index in [2.05, 4.69) is 0 Å². The van der Waals surface area contributed by atoms with Crippen LogP contribution in [0.1, 0.15) is 49.9 Å². The molecule has 0 radical (unpaired) electrons. The highest BCUT2D eigenvalue weighted by molar-refractivity contribution is 6.51. The van der Waals surface area contributed by atoms with Gasteiger partial charge in [-0.1, -0.05) is 25.1 Å². The number of aryl methyl sites for hydroxylation is 1. The van der Waals surface area contributed by atoms with Crippen LogP contribution in [0.2, 0.25) is 0 Å². The summed E-state index contributed by atoms with van der Waals surface area (Å²) in [5.74, 6) is 0.0783. The maximum atomic E-state index is 13.5. The van der Waals surface area contributed by atoms with Crippen LogP contribution in [-0.2, 0) is 9.59 Å². The minimum Gasteiger partial charge on any atom is -0.507 e. The van der Waals surface area contributed by atoms with E-state index in [9.17, 15) is 14.7 Å². The van der Waals surface area contributed by atoms with E-state index in [0.29, 0.717) is 40.7 Å². The highest BCUT2D eigenvalue weighted by Crippen LogP contribution is 2.45. The molecule has 4 rings (SSSR count). The van der Waals surface area contributed by atoms with E-state index in [0.717, 1.165) is 12.0 Å². The van der Waals surface area contributed by atoms with Gasteiger partial charge >= 0.3 is 0 Å². The summed E-state index contributed by atoms with van der Waals surface area (Å²) in [5.41, 5.74) is 2.30. The molecule has 3 aromatic rings. The molecule has 1 fully saturated rings. The number of aliphatic hydroxyl groups is 1. The quantitative estimate of drug-likeness (QED) is 0.207. The molecule has 0 aliphatic carbocycles. The van der Waals surface area contributed by atoms with Gasteiger partial charge in [-0.05, 0) is 81.3 Å². The third kappa shape index (κ3) is 5.23. The summed E-state index contributed by atoms with van der Waals surface area (Å²) in [7, 11) is 1.53. The first-order valence-electron chi connectivity index (χ1n) is 12.7. The molecule has 0 bridgehead atoms. The Morgan fingerprint density at radius 3 is 2.34 bits per heavy atom. The third-order valence-corrected chi connectivity index (χ3v) is 6.27. The van der Waals surface area contributed by atoms with Crippen LogP contribution in [0.3, 0.4) is 0 Å². The van der Waals surface area contributed by atoms with Gasteiger partial charge in [0, 0.05) is 16.8 Å². The molecule has 1 amide bonds. The first-order chi connectivity index (χ1) is 18.3. The van der Waals surface area contributed by atoms with E-state index in [1.807, 2.05) is 39.8 Å². The van der Waals surface area contributed by atoms with Gasteiger partial charge in [-0.15, -0.1) is 0 Å². The number of benzene rings is 3. The van der Waals surface area contributed by atoms with Crippen molar-refractivity contribution in [3.05, 3.63) is 89.0 Å². The second kappa shape index (κ2) is 11.4. The van der Waals surface area contributed by atoms with Gasteiger partial charge in [-0.25, -0.2) is 0 Å². The van der Waals surface area contributed by atoms with Crippen LogP contribution >= 0.6 is 0 Å². The fraction of sp³-hybridized carbons (Fsp3) is 0.290. The number of para-hydroxylation sites is 1. The Balaban J connectivity index is 1.86. The molecule has 1 unspecified atom stereocenters. The van der Waals surface area contributed by atoms with Gasteiger partial charge in [-0.3, -0.25) is 14.5 Å². The molecule has 38 heavy (non-hydrogen) atoms. The number of rotatable bonds is 9. The van der Waals surface area contributed by atoms with Crippen molar-refractivity contribution in [3.8, 4) is 17.2 Å². The number of hydrogen-bond acceptors (Lipinski definition) is 6. The second-order valence-electron chi connectivity index (χ2n) is 9.40. The SMILES string of the molecule is CCCOc1ccc(/C(O)=C2\C(=O)C(=O)N(c3ccc(OC(C)C)cc3)C2c2ccccc2OC)cc1C. The van der Waals surface area contributed by atoms with E-state index in [1.165, 1.54) is 12.0 Å². The summed E-state index contributed by atoms with van der Waals surface area (Å²) >= 11 is 0. The van der Waals surface area contributed by atoms with Gasteiger partial charge < -0.3 is 19.3 Å². The minimum atomic E-state index is -0.903. The molecule has 1 N–H and O–H groups in total. The first kappa shape index (κ1) is 26.8. The minimum absolute atomic E-state index is 0.00845. The lowest BCUT2D eigenvalue weighted by molar-refractivity contribution is -0.132. The van der Waals surface area contributed by atoms with Gasteiger partial charge in [-0.2, -0.15) is 0 Å². The van der Waals surface area contributed by atoms with Crippen molar-refractivity contribution in [2.45, 2.75) is 46.3 Å². The van der Waals surface area contributed by atoms with E-state index in [-0.39, 0.29) is 17.4 Å². The summed E-state index contributed by atoms with van der Waals surface area (Å²) in [6.07, 6.45) is 0.861. The van der Waals surface area contributed by atoms with Crippen molar-refractivity contribution in [1.29, 1.82) is 0 Å². The summed E-state index contributed by atoms with van der Waals surface area (Å²) in [4.78, 5) is 28.4. The smallest absolute Gasteiger partial charge is 0.300 e. The predicted octanol–water partition coefficient (Wildman–Crippen LogP) is 6.21. The summed E-state index contributed by atoms with van der Waals surface area (Å²) in [5, 5.41) is 11.5. The fourth-order valence-electron chi connectivity index (χ4n) is 4.57. The molecule has 198 valence electrons. The number of ketones is 1. The molecule has 1 heterocycles. The van der Waals surface area contributed by atoms with E-state index >= 15 is 0 Å². The number of anilines is 1. The average Bonchev–Trinajstić information content (AvgIpc) is 3.17. The number of nitrogens with zero attached hydrogens (tertiary/aromatic N) is 1. The zero-order valence-electron chi connectivity index (χ0n) is 22.4. The van der Waals surface area contributed by atoms with Crippen LogP contribution in [-0.4, -0.2) is 36.6 Å². The highest BCUT2D eigenvalue weighted by Gasteiger charge is 2.48. The molecule has 0 saturated carbocycles. The fourth-order valence-corrected chi connectivity index (χ4v) is 4.57. The monoisotopic (exact) mass is 515 g/mol. The Bertz CT molecular complexity index is 1360. The Morgan fingerprint density at radius 2 is 1.71 bits per heavy atom. The molecule has 1 aliphatic rings. The van der Waals surface area contributed by atoms with Crippen LogP contribution in [0.25, 0.3) is 5.76 Å². The highest BCUT2D eigenvalue weighted by atomic mass is 16.5. The molecule has 3 aromatic carbocycles. The number of Topliss-reactive ketones (excluding diaryl/α,β-unsaturated/α-hetero) is 1. The van der Waals surface area contributed by atoms with E-state index < -0.39 is 17.7 Å². The third-order valence-electron chi connectivity index (χ3n) is 6.27. The van der Waals surface area contributed by atoms with Crippen LogP contribution in [0.5, 0.6) is 17.2 Å². The standard InChI is InChI=1S/C31H33NO6/c1-6-17-37-25-16-11-21(18-20(25)4)29(33)27-28(24-9-7-8-10-26(24)36-5)32(31(35)30(27)34)22-12-14-23(15-13-22)38-19(2)3/h7-16,18-19,28,33H,6,17H2,1-5H3/b29-27+. The largest absolute Gasteiger partial charge is 0.507 e. The van der Waals surface area contributed by atoms with Crippen LogP contribution in [0.15, 0.2) is 72.3 Å². The molecule has 1 saturated heterocycles. The van der Waals surface area contributed by atoms with Crippen LogP contribution in [0.4, 0.5) is 5.69 Å². The molecule has 1 aliphatic heterocycles. The molecule has 7 heteroatoms.